The molecule has 4 rings (SSSR count). The number of anilines is 1. The van der Waals surface area contributed by atoms with Gasteiger partial charge in [0.1, 0.15) is 17.3 Å². The number of hydrogen-bond acceptors (Lipinski definition) is 8. The van der Waals surface area contributed by atoms with Crippen molar-refractivity contribution in [3.63, 3.8) is 0 Å². The fourth-order valence-electron chi connectivity index (χ4n) is 3.86. The van der Waals surface area contributed by atoms with Gasteiger partial charge in [-0.2, -0.15) is 0 Å². The van der Waals surface area contributed by atoms with Gasteiger partial charge in [-0.05, 0) is 57.4 Å². The predicted molar refractivity (Wildman–Crippen MR) is 138 cm³/mol. The average molecular weight is 505 g/mol. The standard InChI is InChI=1S/C26H28N6O5/c1-5-12-31-22(15(2)24(34)32(26(31)36)19-8-9-19)29-16(3)17-6-10-20(27-13-17)23(33)30-21-11-7-18(14-28-21)25(35)37-4/h6-7,10-11,13-14,19H,5,8-9,12H2,1-4H3,(H,28,30,33)/b29-16+. The molecule has 0 unspecified atom stereocenters. The Morgan fingerprint density at radius 2 is 1.81 bits per heavy atom. The minimum absolute atomic E-state index is 0.0233. The number of nitrogens with zero attached hydrogens (tertiary/aromatic N) is 5. The molecule has 1 N–H and O–H groups in total. The zero-order chi connectivity index (χ0) is 26.7. The van der Waals surface area contributed by atoms with Gasteiger partial charge < -0.3 is 10.1 Å². The van der Waals surface area contributed by atoms with Crippen molar-refractivity contribution in [3.05, 3.63) is 79.9 Å². The summed E-state index contributed by atoms with van der Waals surface area (Å²) in [5, 5.41) is 2.62. The molecular formula is C26H28N6O5. The number of carbonyl (C=O) groups excluding carboxylic acids is 2. The first-order valence-electron chi connectivity index (χ1n) is 12.0. The van der Waals surface area contributed by atoms with E-state index in [9.17, 15) is 19.2 Å². The molecule has 1 amide bonds. The van der Waals surface area contributed by atoms with Gasteiger partial charge in [0.25, 0.3) is 11.5 Å². The number of methoxy groups -OCH3 is 1. The Balaban J connectivity index is 1.56. The van der Waals surface area contributed by atoms with E-state index in [1.807, 2.05) is 6.92 Å². The lowest BCUT2D eigenvalue weighted by Gasteiger charge is -2.15. The fraction of sp³-hybridized carbons (Fsp3) is 0.346. The highest BCUT2D eigenvalue weighted by Gasteiger charge is 2.29. The second-order valence-electron chi connectivity index (χ2n) is 8.80. The lowest BCUT2D eigenvalue weighted by molar-refractivity contribution is 0.0600. The molecule has 3 aromatic rings. The van der Waals surface area contributed by atoms with Crippen molar-refractivity contribution in [3.8, 4) is 0 Å². The molecule has 0 saturated heterocycles. The van der Waals surface area contributed by atoms with Gasteiger partial charge in [-0.15, -0.1) is 0 Å². The van der Waals surface area contributed by atoms with Gasteiger partial charge in [-0.25, -0.2) is 19.6 Å². The molecule has 1 aliphatic carbocycles. The summed E-state index contributed by atoms with van der Waals surface area (Å²) in [6.07, 6.45) is 5.20. The SMILES string of the molecule is CCCn1c(/N=C(\C)c2ccc(C(=O)Nc3ccc(C(=O)OC)cn3)nc2)c(C)c(=O)n(C2CC2)c1=O. The molecule has 0 radical (unpaired) electrons. The monoisotopic (exact) mass is 504 g/mol. The van der Waals surface area contributed by atoms with Gasteiger partial charge in [0.2, 0.25) is 0 Å². The van der Waals surface area contributed by atoms with Crippen LogP contribution in [0.2, 0.25) is 0 Å². The number of hydrogen-bond donors (Lipinski definition) is 1. The summed E-state index contributed by atoms with van der Waals surface area (Å²) >= 11 is 0. The molecule has 11 nitrogen and oxygen atoms in total. The molecule has 0 atom stereocenters. The Labute approximate surface area is 212 Å². The van der Waals surface area contributed by atoms with E-state index in [0.29, 0.717) is 29.2 Å². The lowest BCUT2D eigenvalue weighted by Crippen LogP contribution is -2.40. The van der Waals surface area contributed by atoms with Crippen molar-refractivity contribution in [1.29, 1.82) is 0 Å². The minimum Gasteiger partial charge on any atom is -0.465 e. The van der Waals surface area contributed by atoms with E-state index in [2.05, 4.69) is 25.0 Å². The topological polar surface area (TPSA) is 138 Å². The van der Waals surface area contributed by atoms with Crippen LogP contribution in [0.5, 0.6) is 0 Å². The molecule has 1 saturated carbocycles. The number of pyridine rings is 2. The summed E-state index contributed by atoms with van der Waals surface area (Å²) in [7, 11) is 1.27. The van der Waals surface area contributed by atoms with Crippen molar-refractivity contribution < 1.29 is 14.3 Å². The largest absolute Gasteiger partial charge is 0.465 e. The maximum Gasteiger partial charge on any atom is 0.339 e. The number of amides is 1. The zero-order valence-corrected chi connectivity index (χ0v) is 21.1. The van der Waals surface area contributed by atoms with Crippen molar-refractivity contribution in [2.75, 3.05) is 12.4 Å². The van der Waals surface area contributed by atoms with Crippen molar-refractivity contribution in [2.24, 2.45) is 4.99 Å². The zero-order valence-electron chi connectivity index (χ0n) is 21.1. The molecule has 0 spiro atoms. The van der Waals surface area contributed by atoms with E-state index in [1.54, 1.807) is 30.5 Å². The normalized spacial score (nSPS) is 13.4. The highest BCUT2D eigenvalue weighted by molar-refractivity contribution is 6.04. The van der Waals surface area contributed by atoms with Crippen LogP contribution in [0.15, 0.2) is 51.2 Å². The van der Waals surface area contributed by atoms with Crippen LogP contribution in [-0.2, 0) is 11.3 Å². The molecule has 1 fully saturated rings. The average Bonchev–Trinajstić information content (AvgIpc) is 3.74. The smallest absolute Gasteiger partial charge is 0.339 e. The van der Waals surface area contributed by atoms with E-state index in [-0.39, 0.29) is 34.4 Å². The first kappa shape index (κ1) is 25.7. The number of nitrogens with one attached hydrogen (secondary N) is 1. The first-order valence-corrected chi connectivity index (χ1v) is 12.0. The highest BCUT2D eigenvalue weighted by atomic mass is 16.5. The Morgan fingerprint density at radius 1 is 1.11 bits per heavy atom. The summed E-state index contributed by atoms with van der Waals surface area (Å²) in [6.45, 7) is 5.86. The summed E-state index contributed by atoms with van der Waals surface area (Å²) < 4.78 is 7.54. The number of aromatic nitrogens is 4. The predicted octanol–water partition coefficient (Wildman–Crippen LogP) is 3.03. The number of rotatable bonds is 8. The number of ether oxygens (including phenoxy) is 1. The molecule has 192 valence electrons. The quantitative estimate of drug-likeness (QED) is 0.368. The van der Waals surface area contributed by atoms with E-state index in [0.717, 1.165) is 19.3 Å². The lowest BCUT2D eigenvalue weighted by atomic mass is 10.1. The molecule has 1 aliphatic rings. The number of carbonyl (C=O) groups is 2. The summed E-state index contributed by atoms with van der Waals surface area (Å²) in [4.78, 5) is 63.0. The van der Waals surface area contributed by atoms with Crippen LogP contribution in [0.25, 0.3) is 0 Å². The van der Waals surface area contributed by atoms with Crippen molar-refractivity contribution in [1.82, 2.24) is 19.1 Å². The van der Waals surface area contributed by atoms with Crippen LogP contribution in [0.1, 0.15) is 71.1 Å². The molecule has 37 heavy (non-hydrogen) atoms. The molecule has 3 heterocycles. The summed E-state index contributed by atoms with van der Waals surface area (Å²) in [6, 6.07) is 6.20. The maximum atomic E-state index is 13.1. The van der Waals surface area contributed by atoms with E-state index in [4.69, 9.17) is 0 Å². The van der Waals surface area contributed by atoms with E-state index in [1.165, 1.54) is 36.2 Å². The van der Waals surface area contributed by atoms with Gasteiger partial charge in [0.15, 0.2) is 0 Å². The van der Waals surface area contributed by atoms with Crippen LogP contribution >= 0.6 is 0 Å². The molecule has 11 heteroatoms. The number of aliphatic imine (C=N–C) groups is 1. The maximum absolute atomic E-state index is 13.1. The van der Waals surface area contributed by atoms with E-state index < -0.39 is 11.9 Å². The van der Waals surface area contributed by atoms with Gasteiger partial charge in [0.05, 0.1) is 18.2 Å². The van der Waals surface area contributed by atoms with Crippen LogP contribution in [0.3, 0.4) is 0 Å². The van der Waals surface area contributed by atoms with Gasteiger partial charge in [0, 0.05) is 36.3 Å². The molecular weight excluding hydrogens is 476 g/mol. The van der Waals surface area contributed by atoms with Crippen LogP contribution in [0, 0.1) is 6.92 Å². The van der Waals surface area contributed by atoms with Crippen LogP contribution in [-0.4, -0.2) is 43.8 Å². The Kier molecular flexibility index (Phi) is 7.42. The minimum atomic E-state index is -0.523. The summed E-state index contributed by atoms with van der Waals surface area (Å²) in [5.41, 5.74) is 1.40. The fourth-order valence-corrected chi connectivity index (χ4v) is 3.86. The third-order valence-corrected chi connectivity index (χ3v) is 6.04. The highest BCUT2D eigenvalue weighted by Crippen LogP contribution is 2.32. The van der Waals surface area contributed by atoms with Gasteiger partial charge >= 0.3 is 11.7 Å². The van der Waals surface area contributed by atoms with Gasteiger partial charge in [-0.3, -0.25) is 23.7 Å². The van der Waals surface area contributed by atoms with Gasteiger partial charge in [-0.1, -0.05) is 6.92 Å². The molecule has 0 aliphatic heterocycles. The third-order valence-electron chi connectivity index (χ3n) is 6.04. The second-order valence-corrected chi connectivity index (χ2v) is 8.80. The van der Waals surface area contributed by atoms with Crippen molar-refractivity contribution in [2.45, 2.75) is 52.6 Å². The second kappa shape index (κ2) is 10.7. The van der Waals surface area contributed by atoms with E-state index >= 15 is 0 Å². The summed E-state index contributed by atoms with van der Waals surface area (Å²) in [5.74, 6) is -0.400. The Hall–Kier alpha value is -4.41. The first-order chi connectivity index (χ1) is 17.7. The van der Waals surface area contributed by atoms with Crippen LogP contribution < -0.4 is 16.6 Å². The Morgan fingerprint density at radius 3 is 2.38 bits per heavy atom. The molecule has 0 aromatic carbocycles. The molecule has 0 bridgehead atoms. The van der Waals surface area contributed by atoms with Crippen LogP contribution in [0.4, 0.5) is 11.6 Å². The Bertz CT molecular complexity index is 1480. The molecule has 3 aromatic heterocycles. The third kappa shape index (κ3) is 5.40. The van der Waals surface area contributed by atoms with Crippen molar-refractivity contribution >= 4 is 29.2 Å². The number of esters is 1.